The van der Waals surface area contributed by atoms with Gasteiger partial charge in [-0.1, -0.05) is 6.07 Å². The minimum absolute atomic E-state index is 0.0976. The van der Waals surface area contributed by atoms with Gasteiger partial charge in [0.05, 0.1) is 17.4 Å². The summed E-state index contributed by atoms with van der Waals surface area (Å²) in [5.41, 5.74) is -1.34. The Hall–Kier alpha value is -3.27. The quantitative estimate of drug-likeness (QED) is 0.784. The van der Waals surface area contributed by atoms with Crippen molar-refractivity contribution in [3.63, 3.8) is 0 Å². The van der Waals surface area contributed by atoms with Gasteiger partial charge in [-0.15, -0.1) is 0 Å². The molecule has 0 saturated carbocycles. The fourth-order valence-corrected chi connectivity index (χ4v) is 2.30. The highest BCUT2D eigenvalue weighted by molar-refractivity contribution is 5.78. The van der Waals surface area contributed by atoms with Crippen molar-refractivity contribution >= 4 is 10.9 Å². The summed E-state index contributed by atoms with van der Waals surface area (Å²) in [5.74, 6) is -1.51. The number of halogens is 2. The van der Waals surface area contributed by atoms with Crippen LogP contribution in [0, 0.1) is 23.0 Å². The van der Waals surface area contributed by atoms with E-state index in [-0.39, 0.29) is 28.6 Å². The van der Waals surface area contributed by atoms with E-state index in [0.717, 1.165) is 16.7 Å². The Kier molecular flexibility index (Phi) is 3.50. The number of rotatable bonds is 2. The second kappa shape index (κ2) is 5.50. The molecule has 114 valence electrons. The van der Waals surface area contributed by atoms with Gasteiger partial charge in [-0.25, -0.2) is 8.78 Å². The molecule has 0 aliphatic heterocycles. The first-order chi connectivity index (χ1) is 11.0. The number of benzene rings is 1. The third kappa shape index (κ3) is 2.51. The summed E-state index contributed by atoms with van der Waals surface area (Å²) in [6.07, 6.45) is 1.33. The van der Waals surface area contributed by atoms with E-state index in [1.165, 1.54) is 24.4 Å². The molecule has 3 aromatic rings. The average Bonchev–Trinajstić information content (AvgIpc) is 2.52. The lowest BCUT2D eigenvalue weighted by atomic mass is 10.1. The molecule has 0 saturated heterocycles. The molecule has 0 spiro atoms. The van der Waals surface area contributed by atoms with E-state index in [4.69, 9.17) is 5.26 Å². The molecule has 0 radical (unpaired) electrons. The van der Waals surface area contributed by atoms with Gasteiger partial charge in [-0.3, -0.25) is 9.59 Å². The SMILES string of the molecule is N#Cc1cc2c(=O)n(Cc3c(F)cccc3F)ccc2[nH]c1=O. The molecule has 2 heterocycles. The summed E-state index contributed by atoms with van der Waals surface area (Å²) in [6, 6.07) is 7.76. The molecule has 0 unspecified atom stereocenters. The maximum Gasteiger partial charge on any atom is 0.266 e. The van der Waals surface area contributed by atoms with E-state index >= 15 is 0 Å². The van der Waals surface area contributed by atoms with Crippen LogP contribution in [0.5, 0.6) is 0 Å². The number of pyridine rings is 2. The van der Waals surface area contributed by atoms with Gasteiger partial charge in [-0.05, 0) is 24.3 Å². The van der Waals surface area contributed by atoms with Crippen molar-refractivity contribution in [3.8, 4) is 6.07 Å². The standard InChI is InChI=1S/C16H9F2N3O2/c17-12-2-1-3-13(18)11(12)8-21-5-4-14-10(16(21)23)6-9(7-19)15(22)20-14/h1-6H,8H2,(H,20,22). The molecule has 0 bridgehead atoms. The number of aromatic amines is 1. The lowest BCUT2D eigenvalue weighted by Gasteiger charge is -2.09. The van der Waals surface area contributed by atoms with E-state index in [1.54, 1.807) is 6.07 Å². The van der Waals surface area contributed by atoms with Crippen molar-refractivity contribution in [2.24, 2.45) is 0 Å². The molecular formula is C16H9F2N3O2. The minimum Gasteiger partial charge on any atom is -0.321 e. The maximum absolute atomic E-state index is 13.7. The summed E-state index contributed by atoms with van der Waals surface area (Å²) in [5, 5.41) is 8.97. The molecule has 0 aliphatic carbocycles. The first-order valence-electron chi connectivity index (χ1n) is 6.60. The number of nitrogens with one attached hydrogen (secondary N) is 1. The second-order valence-electron chi connectivity index (χ2n) is 4.90. The summed E-state index contributed by atoms with van der Waals surface area (Å²) < 4.78 is 28.5. The number of hydrogen-bond acceptors (Lipinski definition) is 3. The van der Waals surface area contributed by atoms with Gasteiger partial charge >= 0.3 is 0 Å². The monoisotopic (exact) mass is 313 g/mol. The van der Waals surface area contributed by atoms with Crippen LogP contribution in [0.3, 0.4) is 0 Å². The highest BCUT2D eigenvalue weighted by Gasteiger charge is 2.12. The number of fused-ring (bicyclic) bond motifs is 1. The molecule has 5 nitrogen and oxygen atoms in total. The number of nitrogens with zero attached hydrogens (tertiary/aromatic N) is 2. The number of aromatic nitrogens is 2. The molecule has 0 fully saturated rings. The predicted molar refractivity (Wildman–Crippen MR) is 79.0 cm³/mol. The molecule has 0 aliphatic rings. The molecule has 7 heteroatoms. The normalized spacial score (nSPS) is 10.7. The Morgan fingerprint density at radius 2 is 1.87 bits per heavy atom. The van der Waals surface area contributed by atoms with Crippen LogP contribution in [0.25, 0.3) is 10.9 Å². The molecule has 1 N–H and O–H groups in total. The van der Waals surface area contributed by atoms with Gasteiger partial charge in [0.15, 0.2) is 0 Å². The van der Waals surface area contributed by atoms with E-state index in [2.05, 4.69) is 4.98 Å². The van der Waals surface area contributed by atoms with E-state index in [1.807, 2.05) is 0 Å². The fraction of sp³-hybridized carbons (Fsp3) is 0.0625. The highest BCUT2D eigenvalue weighted by Crippen LogP contribution is 2.14. The smallest absolute Gasteiger partial charge is 0.266 e. The third-order valence-corrected chi connectivity index (χ3v) is 3.49. The van der Waals surface area contributed by atoms with Crippen LogP contribution >= 0.6 is 0 Å². The Balaban J connectivity index is 2.19. The van der Waals surface area contributed by atoms with Crippen molar-refractivity contribution < 1.29 is 8.78 Å². The van der Waals surface area contributed by atoms with Crippen molar-refractivity contribution in [2.45, 2.75) is 6.54 Å². The average molecular weight is 313 g/mol. The molecule has 23 heavy (non-hydrogen) atoms. The zero-order valence-electron chi connectivity index (χ0n) is 11.6. The van der Waals surface area contributed by atoms with Crippen LogP contribution in [0.15, 0.2) is 46.1 Å². The van der Waals surface area contributed by atoms with Gasteiger partial charge in [0.2, 0.25) is 0 Å². The molecule has 2 aromatic heterocycles. The molecule has 0 amide bonds. The van der Waals surface area contributed by atoms with Crippen LogP contribution in [0.4, 0.5) is 8.78 Å². The topological polar surface area (TPSA) is 78.7 Å². The minimum atomic E-state index is -0.754. The fourth-order valence-electron chi connectivity index (χ4n) is 2.30. The van der Waals surface area contributed by atoms with Gasteiger partial charge in [-0.2, -0.15) is 5.26 Å². The van der Waals surface area contributed by atoms with Crippen molar-refractivity contribution in [1.82, 2.24) is 9.55 Å². The Morgan fingerprint density at radius 3 is 2.52 bits per heavy atom. The van der Waals surface area contributed by atoms with Crippen LogP contribution in [0.1, 0.15) is 11.1 Å². The van der Waals surface area contributed by atoms with E-state index in [9.17, 15) is 18.4 Å². The van der Waals surface area contributed by atoms with Crippen molar-refractivity contribution in [3.05, 3.63) is 80.0 Å². The molecule has 3 rings (SSSR count). The summed E-state index contributed by atoms with van der Waals surface area (Å²) in [4.78, 5) is 26.4. The Morgan fingerprint density at radius 1 is 1.17 bits per heavy atom. The molecule has 0 atom stereocenters. The summed E-state index contributed by atoms with van der Waals surface area (Å²) >= 11 is 0. The van der Waals surface area contributed by atoms with Crippen molar-refractivity contribution in [2.75, 3.05) is 0 Å². The van der Waals surface area contributed by atoms with Gasteiger partial charge in [0.1, 0.15) is 23.3 Å². The summed E-state index contributed by atoms with van der Waals surface area (Å²) in [6.45, 7) is -0.297. The third-order valence-electron chi connectivity index (χ3n) is 3.49. The lowest BCUT2D eigenvalue weighted by Crippen LogP contribution is -2.23. The number of nitriles is 1. The Labute approximate surface area is 128 Å². The first-order valence-corrected chi connectivity index (χ1v) is 6.60. The van der Waals surface area contributed by atoms with Crippen LogP contribution in [0.2, 0.25) is 0 Å². The van der Waals surface area contributed by atoms with E-state index in [0.29, 0.717) is 0 Å². The number of hydrogen-bond donors (Lipinski definition) is 1. The van der Waals surface area contributed by atoms with Gasteiger partial charge in [0.25, 0.3) is 11.1 Å². The Bertz CT molecular complexity index is 1060. The zero-order valence-corrected chi connectivity index (χ0v) is 11.6. The summed E-state index contributed by atoms with van der Waals surface area (Å²) in [7, 11) is 0. The number of H-pyrrole nitrogens is 1. The van der Waals surface area contributed by atoms with Gasteiger partial charge in [0, 0.05) is 11.8 Å². The molecule has 1 aromatic carbocycles. The maximum atomic E-state index is 13.7. The zero-order chi connectivity index (χ0) is 16.6. The van der Waals surface area contributed by atoms with Crippen LogP contribution in [-0.4, -0.2) is 9.55 Å². The van der Waals surface area contributed by atoms with Crippen LogP contribution < -0.4 is 11.1 Å². The largest absolute Gasteiger partial charge is 0.321 e. The van der Waals surface area contributed by atoms with E-state index < -0.39 is 22.8 Å². The van der Waals surface area contributed by atoms with Crippen LogP contribution in [-0.2, 0) is 6.54 Å². The van der Waals surface area contributed by atoms with Crippen molar-refractivity contribution in [1.29, 1.82) is 5.26 Å². The first kappa shape index (κ1) is 14.7. The van der Waals surface area contributed by atoms with Gasteiger partial charge < -0.3 is 9.55 Å². The highest BCUT2D eigenvalue weighted by atomic mass is 19.1. The predicted octanol–water partition coefficient (Wildman–Crippen LogP) is 1.89. The second-order valence-corrected chi connectivity index (χ2v) is 4.90. The lowest BCUT2D eigenvalue weighted by molar-refractivity contribution is 0.542. The molecular weight excluding hydrogens is 304 g/mol.